The Morgan fingerprint density at radius 3 is 2.53 bits per heavy atom. The van der Waals surface area contributed by atoms with E-state index in [4.69, 9.17) is 16.0 Å². The minimum atomic E-state index is -3.67. The first kappa shape index (κ1) is 24.7. The molecule has 0 saturated carbocycles. The average molecular weight is 526 g/mol. The van der Waals surface area contributed by atoms with Crippen LogP contribution in [0.4, 0.5) is 8.78 Å². The smallest absolute Gasteiger partial charge is 0.243 e. The van der Waals surface area contributed by atoms with E-state index in [1.165, 1.54) is 22.1 Å². The topological polar surface area (TPSA) is 68.3 Å². The van der Waals surface area contributed by atoms with Crippen molar-refractivity contribution >= 4 is 44.4 Å². The lowest BCUT2D eigenvalue weighted by Crippen LogP contribution is -2.30. The first-order valence-corrected chi connectivity index (χ1v) is 13.3. The van der Waals surface area contributed by atoms with Crippen LogP contribution in [-0.4, -0.2) is 35.4 Å². The molecule has 4 rings (SSSR count). The number of halogens is 3. The summed E-state index contributed by atoms with van der Waals surface area (Å²) in [4.78, 5) is 4.76. The van der Waals surface area contributed by atoms with E-state index in [2.05, 4.69) is 4.98 Å². The van der Waals surface area contributed by atoms with Crippen molar-refractivity contribution in [3.05, 3.63) is 76.7 Å². The van der Waals surface area contributed by atoms with Gasteiger partial charge in [-0.25, -0.2) is 22.2 Å². The molecule has 0 amide bonds. The van der Waals surface area contributed by atoms with Gasteiger partial charge in [-0.15, -0.1) is 0 Å². The van der Waals surface area contributed by atoms with Crippen LogP contribution < -0.4 is 0 Å². The van der Waals surface area contributed by atoms with Gasteiger partial charge < -0.3 is 8.98 Å². The minimum absolute atomic E-state index is 0.0353. The summed E-state index contributed by atoms with van der Waals surface area (Å²) in [6.07, 6.45) is 1.55. The van der Waals surface area contributed by atoms with Crippen LogP contribution in [0.5, 0.6) is 0 Å². The number of hydrogen-bond donors (Lipinski definition) is 0. The molecule has 2 aromatic heterocycles. The average Bonchev–Trinajstić information content (AvgIpc) is 3.45. The Kier molecular flexibility index (Phi) is 7.32. The molecule has 34 heavy (non-hydrogen) atoms. The molecule has 0 aliphatic heterocycles. The zero-order valence-corrected chi connectivity index (χ0v) is 20.9. The largest absolute Gasteiger partial charge is 0.467 e. The monoisotopic (exact) mass is 525 g/mol. The maximum atomic E-state index is 14.3. The van der Waals surface area contributed by atoms with Crippen molar-refractivity contribution in [3.63, 3.8) is 0 Å². The second-order valence-corrected chi connectivity index (χ2v) is 10.7. The third-order valence-electron chi connectivity index (χ3n) is 5.41. The third-order valence-corrected chi connectivity index (χ3v) is 8.86. The van der Waals surface area contributed by atoms with Gasteiger partial charge in [0.2, 0.25) is 10.0 Å². The Balaban J connectivity index is 1.76. The van der Waals surface area contributed by atoms with E-state index in [1.54, 1.807) is 38.3 Å². The van der Waals surface area contributed by atoms with Crippen molar-refractivity contribution in [2.24, 2.45) is 0 Å². The number of thioether (sulfide) groups is 1. The predicted octanol–water partition coefficient (Wildman–Crippen LogP) is 5.93. The van der Waals surface area contributed by atoms with E-state index in [0.29, 0.717) is 41.6 Å². The van der Waals surface area contributed by atoms with Crippen molar-refractivity contribution < 1.29 is 21.6 Å². The van der Waals surface area contributed by atoms with Crippen LogP contribution in [0.2, 0.25) is 5.02 Å². The van der Waals surface area contributed by atoms with Crippen LogP contribution >= 0.6 is 23.4 Å². The van der Waals surface area contributed by atoms with Crippen molar-refractivity contribution in [2.45, 2.75) is 36.2 Å². The molecular weight excluding hydrogens is 504 g/mol. The number of furan rings is 1. The van der Waals surface area contributed by atoms with Crippen molar-refractivity contribution in [1.29, 1.82) is 0 Å². The van der Waals surface area contributed by atoms with E-state index in [0.717, 1.165) is 12.1 Å². The van der Waals surface area contributed by atoms with Gasteiger partial charge >= 0.3 is 0 Å². The minimum Gasteiger partial charge on any atom is -0.467 e. The summed E-state index contributed by atoms with van der Waals surface area (Å²) in [7, 11) is -3.67. The molecule has 6 nitrogen and oxygen atoms in total. The molecule has 180 valence electrons. The number of aromatic nitrogens is 2. The fourth-order valence-electron chi connectivity index (χ4n) is 3.62. The summed E-state index contributed by atoms with van der Waals surface area (Å²) < 4.78 is 62.8. The van der Waals surface area contributed by atoms with Crippen LogP contribution in [0.3, 0.4) is 0 Å². The van der Waals surface area contributed by atoms with Crippen LogP contribution in [0.1, 0.15) is 25.2 Å². The summed E-state index contributed by atoms with van der Waals surface area (Å²) in [6.45, 7) is 4.59. The van der Waals surface area contributed by atoms with Gasteiger partial charge in [0.25, 0.3) is 0 Å². The van der Waals surface area contributed by atoms with Crippen LogP contribution in [0.25, 0.3) is 11.0 Å². The second kappa shape index (κ2) is 10.1. The molecular formula is C23H22ClF2N3O3S2. The Labute approximate surface area is 205 Å². The van der Waals surface area contributed by atoms with Gasteiger partial charge in [0.15, 0.2) is 5.16 Å². The van der Waals surface area contributed by atoms with E-state index < -0.39 is 21.7 Å². The standard InChI is InChI=1S/C23H22ClF2N3O3S2/c1-3-28(4-2)34(30,31)16-7-10-21-20(12-16)27-23(29(21)13-15-6-5-11-32-15)33-14-17-18(25)8-9-19(26)22(17)24/h5-12H,3-4,13-14H2,1-2H3. The highest BCUT2D eigenvalue weighted by Crippen LogP contribution is 2.33. The lowest BCUT2D eigenvalue weighted by molar-refractivity contribution is 0.445. The summed E-state index contributed by atoms with van der Waals surface area (Å²) in [5, 5.41) is 0.220. The molecule has 0 fully saturated rings. The maximum Gasteiger partial charge on any atom is 0.243 e. The SMILES string of the molecule is CCN(CC)S(=O)(=O)c1ccc2c(c1)nc(SCc1c(F)ccc(F)c1Cl)n2Cc1ccco1. The quantitative estimate of drug-likeness (QED) is 0.200. The second-order valence-electron chi connectivity index (χ2n) is 7.41. The zero-order valence-electron chi connectivity index (χ0n) is 18.5. The van der Waals surface area contributed by atoms with Crippen molar-refractivity contribution in [2.75, 3.05) is 13.1 Å². The lowest BCUT2D eigenvalue weighted by Gasteiger charge is -2.18. The number of nitrogens with zero attached hydrogens (tertiary/aromatic N) is 3. The summed E-state index contributed by atoms with van der Waals surface area (Å²) in [5.74, 6) is -0.612. The molecule has 11 heteroatoms. The number of hydrogen-bond acceptors (Lipinski definition) is 5. The summed E-state index contributed by atoms with van der Waals surface area (Å²) in [5.41, 5.74) is 1.18. The molecule has 4 aromatic rings. The normalized spacial score (nSPS) is 12.2. The van der Waals surface area contributed by atoms with Crippen LogP contribution in [0.15, 0.2) is 63.2 Å². The van der Waals surface area contributed by atoms with E-state index in [1.807, 2.05) is 10.6 Å². The first-order chi connectivity index (χ1) is 16.3. The predicted molar refractivity (Wildman–Crippen MR) is 129 cm³/mol. The Bertz CT molecular complexity index is 1420. The van der Waals surface area contributed by atoms with Gasteiger partial charge in [0.05, 0.1) is 33.8 Å². The fraction of sp³-hybridized carbons (Fsp3) is 0.261. The molecule has 0 aliphatic carbocycles. The van der Waals surface area contributed by atoms with Gasteiger partial charge in [-0.05, 0) is 42.5 Å². The highest BCUT2D eigenvalue weighted by molar-refractivity contribution is 7.98. The fourth-order valence-corrected chi connectivity index (χ4v) is 6.44. The Hall–Kier alpha value is -2.40. The molecule has 0 radical (unpaired) electrons. The maximum absolute atomic E-state index is 14.3. The molecule has 0 unspecified atom stereocenters. The van der Waals surface area contributed by atoms with Gasteiger partial charge in [-0.3, -0.25) is 0 Å². The highest BCUT2D eigenvalue weighted by Gasteiger charge is 2.24. The molecule has 2 heterocycles. The lowest BCUT2D eigenvalue weighted by atomic mass is 10.2. The number of imidazole rings is 1. The van der Waals surface area contributed by atoms with Crippen LogP contribution in [-0.2, 0) is 22.3 Å². The number of sulfonamides is 1. The van der Waals surface area contributed by atoms with E-state index in [-0.39, 0.29) is 21.2 Å². The first-order valence-electron chi connectivity index (χ1n) is 10.5. The molecule has 2 aromatic carbocycles. The molecule has 0 atom stereocenters. The molecule has 0 saturated heterocycles. The van der Waals surface area contributed by atoms with Gasteiger partial charge in [-0.2, -0.15) is 4.31 Å². The van der Waals surface area contributed by atoms with Gasteiger partial charge in [0, 0.05) is 24.4 Å². The molecule has 0 aliphatic rings. The molecule has 0 spiro atoms. The van der Waals surface area contributed by atoms with E-state index in [9.17, 15) is 17.2 Å². The van der Waals surface area contributed by atoms with Crippen molar-refractivity contribution in [3.8, 4) is 0 Å². The van der Waals surface area contributed by atoms with Gasteiger partial charge in [-0.1, -0.05) is 37.2 Å². The van der Waals surface area contributed by atoms with Gasteiger partial charge in [0.1, 0.15) is 17.4 Å². The van der Waals surface area contributed by atoms with E-state index >= 15 is 0 Å². The Morgan fingerprint density at radius 2 is 1.85 bits per heavy atom. The summed E-state index contributed by atoms with van der Waals surface area (Å²) in [6, 6.07) is 10.4. The zero-order chi connectivity index (χ0) is 24.5. The number of benzene rings is 2. The third kappa shape index (κ3) is 4.72. The Morgan fingerprint density at radius 1 is 1.12 bits per heavy atom. The molecule has 0 bridgehead atoms. The molecule has 0 N–H and O–H groups in total. The van der Waals surface area contributed by atoms with Crippen molar-refractivity contribution in [1.82, 2.24) is 13.9 Å². The number of fused-ring (bicyclic) bond motifs is 1. The highest BCUT2D eigenvalue weighted by atomic mass is 35.5. The number of rotatable bonds is 9. The summed E-state index contributed by atoms with van der Waals surface area (Å²) >= 11 is 7.16. The van der Waals surface area contributed by atoms with Crippen LogP contribution in [0, 0.1) is 11.6 Å².